The van der Waals surface area contributed by atoms with Gasteiger partial charge in [0.05, 0.1) is 17.2 Å². The van der Waals surface area contributed by atoms with Crippen LogP contribution in [0.15, 0.2) is 42.5 Å². The molecule has 0 N–H and O–H groups in total. The Bertz CT molecular complexity index is 1380. The predicted molar refractivity (Wildman–Crippen MR) is 138 cm³/mol. The number of hydrogen-bond acceptors (Lipinski definition) is 4. The first-order valence-electron chi connectivity index (χ1n) is 13.3. The van der Waals surface area contributed by atoms with Crippen molar-refractivity contribution < 1.29 is 54.6 Å². The minimum atomic E-state index is -5.15. The minimum absolute atomic E-state index is 0.0686. The average Bonchev–Trinajstić information content (AvgIpc) is 3.40. The van der Waals surface area contributed by atoms with E-state index in [4.69, 9.17) is 0 Å². The molecule has 2 aromatic rings. The number of alkyl halides is 7. The van der Waals surface area contributed by atoms with Crippen molar-refractivity contribution in [3.8, 4) is 0 Å². The fourth-order valence-electron chi connectivity index (χ4n) is 5.54. The van der Waals surface area contributed by atoms with Gasteiger partial charge in [-0.3, -0.25) is 9.69 Å². The van der Waals surface area contributed by atoms with Crippen LogP contribution in [0.1, 0.15) is 35.4 Å². The van der Waals surface area contributed by atoms with Crippen molar-refractivity contribution in [3.05, 3.63) is 65.0 Å². The van der Waals surface area contributed by atoms with E-state index in [2.05, 4.69) is 0 Å². The minimum Gasteiger partial charge on any atom is -0.530 e. The molecule has 2 aliphatic rings. The Morgan fingerprint density at radius 3 is 1.86 bits per heavy atom. The number of piperidine rings is 1. The lowest BCUT2D eigenvalue weighted by Crippen LogP contribution is -2.55. The van der Waals surface area contributed by atoms with Gasteiger partial charge >= 0.3 is 18.4 Å². The second kappa shape index (κ2) is 11.8. The van der Waals surface area contributed by atoms with E-state index >= 15 is 4.39 Å². The fraction of sp³-hybridized carbons (Fsp3) is 0.464. The number of anilines is 1. The van der Waals surface area contributed by atoms with Crippen molar-refractivity contribution in [2.75, 3.05) is 45.2 Å². The summed E-state index contributed by atoms with van der Waals surface area (Å²) in [4.78, 5) is 41.6. The molecule has 2 aliphatic heterocycles. The van der Waals surface area contributed by atoms with Gasteiger partial charge in [-0.05, 0) is 35.9 Å². The van der Waals surface area contributed by atoms with Gasteiger partial charge in [0.15, 0.2) is 5.67 Å². The van der Waals surface area contributed by atoms with Crippen LogP contribution < -0.4 is 10.0 Å². The van der Waals surface area contributed by atoms with Crippen LogP contribution in [0.2, 0.25) is 0 Å². The molecule has 2 atom stereocenters. The maximum atomic E-state index is 15.8. The van der Waals surface area contributed by atoms with Crippen LogP contribution in [-0.4, -0.2) is 84.7 Å². The molecule has 0 bridgehead atoms. The highest BCUT2D eigenvalue weighted by atomic mass is 19.4. The standard InChI is InChI=1S/C28H28F8N4O4/c1-37(20-12-17(27(31,32)33)11-18(13-20)28(34,35)36)24(42)38(2)22-15-40(14-21(22)16-3-5-19(29)6-4-16)23(41)26(30)7-9-39(10-8-26)25(43)44/h3-6,11-13,21-22H,7-10,14-15H2,1-2H3,(H,43,44)/p-1/t21-,22+/m0/s1. The van der Waals surface area contributed by atoms with Gasteiger partial charge in [0.25, 0.3) is 5.91 Å². The topological polar surface area (TPSA) is 87.2 Å². The highest BCUT2D eigenvalue weighted by Crippen LogP contribution is 2.40. The summed E-state index contributed by atoms with van der Waals surface area (Å²) < 4.78 is 110. The second-order valence-electron chi connectivity index (χ2n) is 10.9. The van der Waals surface area contributed by atoms with Gasteiger partial charge in [0.2, 0.25) is 0 Å². The molecule has 0 aromatic heterocycles. The normalized spacial score (nSPS) is 20.4. The summed E-state index contributed by atoms with van der Waals surface area (Å²) in [6.45, 7) is -1.01. The highest BCUT2D eigenvalue weighted by Gasteiger charge is 2.49. The Hall–Kier alpha value is -4.11. The summed E-state index contributed by atoms with van der Waals surface area (Å²) in [6.07, 6.45) is -12.7. The second-order valence-corrected chi connectivity index (χ2v) is 10.9. The van der Waals surface area contributed by atoms with Crippen molar-refractivity contribution >= 4 is 23.7 Å². The van der Waals surface area contributed by atoms with E-state index in [1.165, 1.54) is 19.2 Å². The fourth-order valence-corrected chi connectivity index (χ4v) is 5.54. The Morgan fingerprint density at radius 1 is 0.864 bits per heavy atom. The van der Waals surface area contributed by atoms with Crippen molar-refractivity contribution in [1.82, 2.24) is 14.7 Å². The van der Waals surface area contributed by atoms with Crippen molar-refractivity contribution in [2.45, 2.75) is 42.8 Å². The van der Waals surface area contributed by atoms with Crippen molar-refractivity contribution in [2.24, 2.45) is 0 Å². The molecule has 2 fully saturated rings. The van der Waals surface area contributed by atoms with Crippen LogP contribution >= 0.6 is 0 Å². The number of amides is 4. The molecule has 2 heterocycles. The molecule has 240 valence electrons. The zero-order valence-corrected chi connectivity index (χ0v) is 23.4. The lowest BCUT2D eigenvalue weighted by atomic mass is 9.91. The number of hydrogen-bond donors (Lipinski definition) is 0. The Labute approximate surface area is 246 Å². The summed E-state index contributed by atoms with van der Waals surface area (Å²) in [5.41, 5.74) is -5.93. The lowest BCUT2D eigenvalue weighted by molar-refractivity contribution is -0.267. The van der Waals surface area contributed by atoms with Crippen LogP contribution in [0.25, 0.3) is 0 Å². The first-order chi connectivity index (χ1) is 20.3. The van der Waals surface area contributed by atoms with Crippen molar-refractivity contribution in [3.63, 3.8) is 0 Å². The summed E-state index contributed by atoms with van der Waals surface area (Å²) >= 11 is 0. The van der Waals surface area contributed by atoms with Gasteiger partial charge in [0.1, 0.15) is 11.9 Å². The van der Waals surface area contributed by atoms with Gasteiger partial charge in [-0.25, -0.2) is 13.6 Å². The first kappa shape index (κ1) is 32.8. The monoisotopic (exact) mass is 635 g/mol. The van der Waals surface area contributed by atoms with Crippen LogP contribution in [0.3, 0.4) is 0 Å². The molecule has 0 saturated carbocycles. The summed E-state index contributed by atoms with van der Waals surface area (Å²) in [6, 6.07) is 3.76. The van der Waals surface area contributed by atoms with E-state index < -0.39 is 83.5 Å². The molecule has 0 unspecified atom stereocenters. The molecule has 2 aromatic carbocycles. The summed E-state index contributed by atoms with van der Waals surface area (Å²) in [5, 5.41) is 11.1. The smallest absolute Gasteiger partial charge is 0.416 e. The third-order valence-electron chi connectivity index (χ3n) is 8.12. The number of carboxylic acid groups (broad SMARTS) is 1. The molecule has 8 nitrogen and oxygen atoms in total. The van der Waals surface area contributed by atoms with Gasteiger partial charge in [0, 0.05) is 64.7 Å². The Kier molecular flexibility index (Phi) is 8.77. The summed E-state index contributed by atoms with van der Waals surface area (Å²) in [7, 11) is 2.22. The van der Waals surface area contributed by atoms with E-state index in [0.717, 1.165) is 33.9 Å². The number of halogens is 8. The number of carbonyl (C=O) groups excluding carboxylic acids is 3. The quantitative estimate of drug-likeness (QED) is 0.464. The third-order valence-corrected chi connectivity index (χ3v) is 8.12. The largest absolute Gasteiger partial charge is 0.530 e. The van der Waals surface area contributed by atoms with E-state index in [-0.39, 0.29) is 32.2 Å². The van der Waals surface area contributed by atoms with Crippen LogP contribution in [0.4, 0.5) is 50.4 Å². The predicted octanol–water partition coefficient (Wildman–Crippen LogP) is 4.49. The van der Waals surface area contributed by atoms with Gasteiger partial charge in [-0.1, -0.05) is 12.1 Å². The van der Waals surface area contributed by atoms with Gasteiger partial charge < -0.3 is 24.6 Å². The molecule has 0 aliphatic carbocycles. The third kappa shape index (κ3) is 6.68. The number of rotatable bonds is 4. The molecule has 4 rings (SSSR count). The number of nitrogens with zero attached hydrogens (tertiary/aromatic N) is 4. The maximum Gasteiger partial charge on any atom is 0.416 e. The van der Waals surface area contributed by atoms with Crippen LogP contribution in [0.5, 0.6) is 0 Å². The van der Waals surface area contributed by atoms with Crippen LogP contribution in [-0.2, 0) is 17.1 Å². The summed E-state index contributed by atoms with van der Waals surface area (Å²) in [5.74, 6) is -2.30. The maximum absolute atomic E-state index is 15.8. The number of likely N-dealkylation sites (tertiary alicyclic amines) is 2. The molecular formula is C28H27F8N4O4-. The lowest BCUT2D eigenvalue weighted by Gasteiger charge is -2.38. The van der Waals surface area contributed by atoms with Crippen LogP contribution in [0, 0.1) is 5.82 Å². The average molecular weight is 636 g/mol. The zero-order valence-electron chi connectivity index (χ0n) is 23.4. The molecule has 16 heteroatoms. The van der Waals surface area contributed by atoms with E-state index in [9.17, 15) is 50.2 Å². The zero-order chi connectivity index (χ0) is 32.8. The SMILES string of the molecule is CN(C(=O)N(C)[C@@H]1CN(C(=O)C2(F)CCN(C(=O)[O-])CC2)C[C@H]1c1ccc(F)cc1)c1cc(C(F)(F)F)cc(C(F)(F)F)c1. The van der Waals surface area contributed by atoms with Crippen molar-refractivity contribution in [1.29, 1.82) is 0 Å². The van der Waals surface area contributed by atoms with Gasteiger partial charge in [-0.2, -0.15) is 26.3 Å². The number of urea groups is 1. The van der Waals surface area contributed by atoms with E-state index in [1.54, 1.807) is 0 Å². The van der Waals surface area contributed by atoms with E-state index in [0.29, 0.717) is 22.6 Å². The Morgan fingerprint density at radius 2 is 1.39 bits per heavy atom. The molecule has 2 saturated heterocycles. The Balaban J connectivity index is 1.63. The molecule has 0 spiro atoms. The molecular weight excluding hydrogens is 608 g/mol. The number of likely N-dealkylation sites (N-methyl/N-ethyl adjacent to an activating group) is 1. The first-order valence-corrected chi connectivity index (χ1v) is 13.3. The molecule has 4 amide bonds. The van der Waals surface area contributed by atoms with E-state index in [1.807, 2.05) is 0 Å². The number of benzene rings is 2. The van der Waals surface area contributed by atoms with Gasteiger partial charge in [-0.15, -0.1) is 0 Å². The molecule has 0 radical (unpaired) electrons. The highest BCUT2D eigenvalue weighted by molar-refractivity contribution is 5.92. The number of carbonyl (C=O) groups is 3. The molecule has 44 heavy (non-hydrogen) atoms.